The van der Waals surface area contributed by atoms with Crippen LogP contribution < -0.4 is 15.4 Å². The number of piperidine rings is 1. The summed E-state index contributed by atoms with van der Waals surface area (Å²) < 4.78 is 5.66. The molecule has 2 N–H and O–H groups in total. The molecule has 6 heteroatoms. The Kier molecular flexibility index (Phi) is 8.61. The molecule has 0 spiro atoms. The first-order valence-electron chi connectivity index (χ1n) is 12.8. The van der Waals surface area contributed by atoms with Crippen molar-refractivity contribution in [2.75, 3.05) is 25.0 Å². The van der Waals surface area contributed by atoms with Crippen LogP contribution in [0.15, 0.2) is 72.8 Å². The largest absolute Gasteiger partial charge is 0.494 e. The zero-order valence-electron chi connectivity index (χ0n) is 21.1. The number of amides is 3. The van der Waals surface area contributed by atoms with Gasteiger partial charge in [0.25, 0.3) is 5.91 Å². The number of hydrogen-bond acceptors (Lipinski definition) is 3. The third-order valence-corrected chi connectivity index (χ3v) is 6.65. The van der Waals surface area contributed by atoms with Crippen LogP contribution in [-0.2, 0) is 13.0 Å². The van der Waals surface area contributed by atoms with E-state index >= 15 is 0 Å². The topological polar surface area (TPSA) is 70.7 Å². The van der Waals surface area contributed by atoms with E-state index in [0.717, 1.165) is 48.4 Å². The summed E-state index contributed by atoms with van der Waals surface area (Å²) in [6.07, 6.45) is 2.89. The molecule has 1 atom stereocenters. The average molecular weight is 486 g/mol. The van der Waals surface area contributed by atoms with E-state index in [4.69, 9.17) is 4.74 Å². The maximum Gasteiger partial charge on any atom is 0.321 e. The second kappa shape index (κ2) is 12.2. The highest BCUT2D eigenvalue weighted by molar-refractivity contribution is 5.94. The number of aryl methyl sites for hydroxylation is 1. The minimum atomic E-state index is -0.121. The van der Waals surface area contributed by atoms with Crippen LogP contribution in [0.2, 0.25) is 0 Å². The molecule has 0 saturated carbocycles. The van der Waals surface area contributed by atoms with E-state index in [1.54, 1.807) is 0 Å². The normalized spacial score (nSPS) is 15.3. The van der Waals surface area contributed by atoms with E-state index in [1.807, 2.05) is 78.6 Å². The van der Waals surface area contributed by atoms with Gasteiger partial charge < -0.3 is 20.3 Å². The van der Waals surface area contributed by atoms with Crippen molar-refractivity contribution in [1.29, 1.82) is 0 Å². The Morgan fingerprint density at radius 3 is 2.58 bits per heavy atom. The molecule has 1 fully saturated rings. The summed E-state index contributed by atoms with van der Waals surface area (Å²) in [5, 5.41) is 6.04. The molecule has 0 bridgehead atoms. The number of para-hydroxylation sites is 1. The molecule has 6 nitrogen and oxygen atoms in total. The zero-order chi connectivity index (χ0) is 25.3. The van der Waals surface area contributed by atoms with Gasteiger partial charge in [-0.2, -0.15) is 0 Å². The van der Waals surface area contributed by atoms with Crippen molar-refractivity contribution >= 4 is 17.6 Å². The Bertz CT molecular complexity index is 1180. The van der Waals surface area contributed by atoms with Crippen molar-refractivity contribution in [2.45, 2.75) is 45.6 Å². The van der Waals surface area contributed by atoms with Crippen LogP contribution >= 0.6 is 0 Å². The van der Waals surface area contributed by atoms with Crippen molar-refractivity contribution < 1.29 is 14.3 Å². The Balaban J connectivity index is 1.37. The fourth-order valence-electron chi connectivity index (χ4n) is 4.62. The van der Waals surface area contributed by atoms with Gasteiger partial charge in [-0.1, -0.05) is 49.4 Å². The molecule has 1 aliphatic rings. The second-order valence-corrected chi connectivity index (χ2v) is 9.11. The van der Waals surface area contributed by atoms with E-state index in [1.165, 1.54) is 5.56 Å². The Labute approximate surface area is 213 Å². The van der Waals surface area contributed by atoms with Crippen LogP contribution in [0.4, 0.5) is 10.5 Å². The van der Waals surface area contributed by atoms with E-state index in [9.17, 15) is 9.59 Å². The van der Waals surface area contributed by atoms with Gasteiger partial charge in [-0.05, 0) is 67.6 Å². The van der Waals surface area contributed by atoms with Crippen LogP contribution in [0.3, 0.4) is 0 Å². The highest BCUT2D eigenvalue weighted by atomic mass is 16.5. The molecule has 1 saturated heterocycles. The number of rotatable bonds is 8. The predicted octanol–water partition coefficient (Wildman–Crippen LogP) is 5.99. The van der Waals surface area contributed by atoms with Gasteiger partial charge in [-0.15, -0.1) is 0 Å². The summed E-state index contributed by atoms with van der Waals surface area (Å²) in [4.78, 5) is 27.7. The number of anilines is 1. The van der Waals surface area contributed by atoms with Gasteiger partial charge in [0.05, 0.1) is 6.61 Å². The standard InChI is InChI=1S/C30H35N3O3/c1-3-22-14-16-27(17-15-22)32-30(35)33-18-8-12-26(21-33)23-10-7-11-24(19-23)29(34)31-20-25-9-5-6-13-28(25)36-4-2/h5-7,9-11,13-17,19,26H,3-4,8,12,18,20-21H2,1-2H3,(H,31,34)(H,32,35). The SMILES string of the molecule is CCOc1ccccc1CNC(=O)c1cccc(C2CCCN(C(=O)Nc3ccc(CC)cc3)C2)c1. The van der Waals surface area contributed by atoms with Crippen LogP contribution in [-0.4, -0.2) is 36.5 Å². The molecule has 0 radical (unpaired) electrons. The number of nitrogens with one attached hydrogen (secondary N) is 2. The van der Waals surface area contributed by atoms with Gasteiger partial charge in [0.1, 0.15) is 5.75 Å². The van der Waals surface area contributed by atoms with Crippen molar-refractivity contribution in [2.24, 2.45) is 0 Å². The van der Waals surface area contributed by atoms with Crippen LogP contribution in [0.5, 0.6) is 5.75 Å². The minimum absolute atomic E-state index is 0.0780. The third-order valence-electron chi connectivity index (χ3n) is 6.65. The molecule has 3 amide bonds. The quantitative estimate of drug-likeness (QED) is 0.412. The maximum absolute atomic E-state index is 12.9. The average Bonchev–Trinajstić information content (AvgIpc) is 2.93. The summed E-state index contributed by atoms with van der Waals surface area (Å²) in [5.74, 6) is 0.860. The molecular formula is C30H35N3O3. The lowest BCUT2D eigenvalue weighted by molar-refractivity contribution is 0.0950. The lowest BCUT2D eigenvalue weighted by Gasteiger charge is -2.33. The molecule has 3 aromatic rings. The summed E-state index contributed by atoms with van der Waals surface area (Å²) in [6.45, 7) is 6.40. The molecule has 1 heterocycles. The lowest BCUT2D eigenvalue weighted by Crippen LogP contribution is -2.41. The molecule has 4 rings (SSSR count). The van der Waals surface area contributed by atoms with Gasteiger partial charge in [0, 0.05) is 42.4 Å². The summed E-state index contributed by atoms with van der Waals surface area (Å²) in [6, 6.07) is 23.4. The van der Waals surface area contributed by atoms with E-state index in [2.05, 4.69) is 23.6 Å². The zero-order valence-corrected chi connectivity index (χ0v) is 21.1. The van der Waals surface area contributed by atoms with Crippen LogP contribution in [0, 0.1) is 0 Å². The Morgan fingerprint density at radius 2 is 1.81 bits per heavy atom. The number of ether oxygens (including phenoxy) is 1. The smallest absolute Gasteiger partial charge is 0.321 e. The van der Waals surface area contributed by atoms with Crippen LogP contribution in [0.25, 0.3) is 0 Å². The monoisotopic (exact) mass is 485 g/mol. The Hall–Kier alpha value is -3.80. The first kappa shape index (κ1) is 25.3. The van der Waals surface area contributed by atoms with E-state index in [0.29, 0.717) is 25.3 Å². The van der Waals surface area contributed by atoms with Crippen molar-refractivity contribution in [1.82, 2.24) is 10.2 Å². The maximum atomic E-state index is 12.9. The highest BCUT2D eigenvalue weighted by Gasteiger charge is 2.25. The van der Waals surface area contributed by atoms with E-state index < -0.39 is 0 Å². The Morgan fingerprint density at radius 1 is 1.00 bits per heavy atom. The minimum Gasteiger partial charge on any atom is -0.494 e. The first-order valence-corrected chi connectivity index (χ1v) is 12.8. The number of carbonyl (C=O) groups excluding carboxylic acids is 2. The van der Waals surface area contributed by atoms with Crippen LogP contribution in [0.1, 0.15) is 59.7 Å². The summed E-state index contributed by atoms with van der Waals surface area (Å²) in [5.41, 5.74) is 4.71. The van der Waals surface area contributed by atoms with Crippen molar-refractivity contribution in [3.05, 3.63) is 95.1 Å². The number of hydrogen-bond donors (Lipinski definition) is 2. The van der Waals surface area contributed by atoms with Gasteiger partial charge >= 0.3 is 6.03 Å². The lowest BCUT2D eigenvalue weighted by atomic mass is 9.89. The van der Waals surface area contributed by atoms with Crippen molar-refractivity contribution in [3.8, 4) is 5.75 Å². The first-order chi connectivity index (χ1) is 17.6. The van der Waals surface area contributed by atoms with Gasteiger partial charge in [-0.25, -0.2) is 4.79 Å². The number of nitrogens with zero attached hydrogens (tertiary/aromatic N) is 1. The predicted molar refractivity (Wildman–Crippen MR) is 144 cm³/mol. The number of urea groups is 1. The second-order valence-electron chi connectivity index (χ2n) is 9.11. The number of likely N-dealkylation sites (tertiary alicyclic amines) is 1. The molecule has 3 aromatic carbocycles. The summed E-state index contributed by atoms with van der Waals surface area (Å²) in [7, 11) is 0. The molecule has 1 aliphatic heterocycles. The number of benzene rings is 3. The molecule has 36 heavy (non-hydrogen) atoms. The van der Waals surface area contributed by atoms with Crippen molar-refractivity contribution in [3.63, 3.8) is 0 Å². The van der Waals surface area contributed by atoms with Gasteiger partial charge in [0.2, 0.25) is 0 Å². The number of carbonyl (C=O) groups is 2. The molecule has 0 aromatic heterocycles. The molecule has 1 unspecified atom stereocenters. The van der Waals surface area contributed by atoms with Gasteiger partial charge in [0.15, 0.2) is 0 Å². The third kappa shape index (κ3) is 6.45. The fourth-order valence-corrected chi connectivity index (χ4v) is 4.62. The van der Waals surface area contributed by atoms with E-state index in [-0.39, 0.29) is 17.9 Å². The molecule has 0 aliphatic carbocycles. The highest BCUT2D eigenvalue weighted by Crippen LogP contribution is 2.28. The van der Waals surface area contributed by atoms with Gasteiger partial charge in [-0.3, -0.25) is 4.79 Å². The molecule has 188 valence electrons. The summed E-state index contributed by atoms with van der Waals surface area (Å²) >= 11 is 0. The fraction of sp³-hybridized carbons (Fsp3) is 0.333. The molecular weight excluding hydrogens is 450 g/mol.